The number of hydrogen-bond acceptors (Lipinski definition) is 3. The highest BCUT2D eigenvalue weighted by Gasteiger charge is 2.38. The van der Waals surface area contributed by atoms with Gasteiger partial charge in [-0.2, -0.15) is 0 Å². The number of benzene rings is 1. The second-order valence-electron chi connectivity index (χ2n) is 6.59. The van der Waals surface area contributed by atoms with Gasteiger partial charge in [0, 0.05) is 12.6 Å². The maximum absolute atomic E-state index is 9.72. The molecule has 2 unspecified atom stereocenters. The van der Waals surface area contributed by atoms with E-state index in [-0.39, 0.29) is 18.2 Å². The summed E-state index contributed by atoms with van der Waals surface area (Å²) in [7, 11) is 0. The predicted octanol–water partition coefficient (Wildman–Crippen LogP) is 3.19. The zero-order chi connectivity index (χ0) is 14.5. The highest BCUT2D eigenvalue weighted by molar-refractivity contribution is 5.19. The van der Waals surface area contributed by atoms with Gasteiger partial charge in [-0.25, -0.2) is 0 Å². The predicted molar refractivity (Wildman–Crippen MR) is 84.2 cm³/mol. The Morgan fingerprint density at radius 1 is 1.19 bits per heavy atom. The average Bonchev–Trinajstić information content (AvgIpc) is 2.54. The van der Waals surface area contributed by atoms with E-state index in [2.05, 4.69) is 17.4 Å². The topological polar surface area (TPSA) is 41.5 Å². The van der Waals surface area contributed by atoms with Gasteiger partial charge in [0.1, 0.15) is 0 Å². The van der Waals surface area contributed by atoms with Crippen LogP contribution >= 0.6 is 0 Å². The van der Waals surface area contributed by atoms with Crippen molar-refractivity contribution in [3.05, 3.63) is 35.9 Å². The third kappa shape index (κ3) is 3.65. The van der Waals surface area contributed by atoms with E-state index < -0.39 is 0 Å². The van der Waals surface area contributed by atoms with Crippen LogP contribution in [0.5, 0.6) is 0 Å². The summed E-state index contributed by atoms with van der Waals surface area (Å²) < 4.78 is 6.16. The van der Waals surface area contributed by atoms with Crippen LogP contribution in [-0.2, 0) is 4.74 Å². The van der Waals surface area contributed by atoms with Crippen LogP contribution in [0.4, 0.5) is 0 Å². The van der Waals surface area contributed by atoms with Gasteiger partial charge in [0.05, 0.1) is 18.2 Å². The van der Waals surface area contributed by atoms with Crippen molar-refractivity contribution in [1.29, 1.82) is 0 Å². The third-order valence-corrected chi connectivity index (χ3v) is 5.08. The maximum Gasteiger partial charge on any atom is 0.0697 e. The van der Waals surface area contributed by atoms with E-state index in [1.165, 1.54) is 37.7 Å². The van der Waals surface area contributed by atoms with Gasteiger partial charge in [0.2, 0.25) is 0 Å². The van der Waals surface area contributed by atoms with E-state index in [0.29, 0.717) is 6.04 Å². The quantitative estimate of drug-likeness (QED) is 0.894. The van der Waals surface area contributed by atoms with E-state index in [1.54, 1.807) is 0 Å². The van der Waals surface area contributed by atoms with Crippen molar-refractivity contribution < 1.29 is 9.84 Å². The summed E-state index contributed by atoms with van der Waals surface area (Å²) in [6, 6.07) is 10.7. The van der Waals surface area contributed by atoms with Gasteiger partial charge in [-0.15, -0.1) is 0 Å². The Morgan fingerprint density at radius 3 is 2.67 bits per heavy atom. The summed E-state index contributed by atoms with van der Waals surface area (Å²) in [5.74, 6) is 0. The van der Waals surface area contributed by atoms with Crippen molar-refractivity contribution >= 4 is 0 Å². The number of aliphatic hydroxyl groups excluding tert-OH is 1. The maximum atomic E-state index is 9.72. The normalized spacial score (nSPS) is 26.6. The number of ether oxygens (including phenoxy) is 1. The van der Waals surface area contributed by atoms with Crippen LogP contribution in [0.3, 0.4) is 0 Å². The lowest BCUT2D eigenvalue weighted by molar-refractivity contribution is -0.110. The molecule has 1 saturated heterocycles. The lowest BCUT2D eigenvalue weighted by Crippen LogP contribution is -2.49. The zero-order valence-corrected chi connectivity index (χ0v) is 12.8. The molecule has 0 amide bonds. The van der Waals surface area contributed by atoms with Gasteiger partial charge in [-0.3, -0.25) is 0 Å². The molecule has 2 atom stereocenters. The molecule has 1 aromatic rings. The van der Waals surface area contributed by atoms with Crippen LogP contribution < -0.4 is 5.32 Å². The zero-order valence-electron chi connectivity index (χ0n) is 12.8. The minimum Gasteiger partial charge on any atom is -0.394 e. The van der Waals surface area contributed by atoms with Crippen molar-refractivity contribution in [2.24, 2.45) is 0 Å². The molecular weight excluding hydrogens is 262 g/mol. The summed E-state index contributed by atoms with van der Waals surface area (Å²) in [6.07, 6.45) is 8.51. The molecule has 1 saturated carbocycles. The van der Waals surface area contributed by atoms with E-state index in [9.17, 15) is 5.11 Å². The van der Waals surface area contributed by atoms with Gasteiger partial charge in [-0.1, -0.05) is 49.6 Å². The number of hydrogen-bond donors (Lipinski definition) is 2. The Balaban J connectivity index is 1.63. The largest absolute Gasteiger partial charge is 0.394 e. The van der Waals surface area contributed by atoms with Gasteiger partial charge in [0.15, 0.2) is 0 Å². The first kappa shape index (κ1) is 15.0. The summed E-state index contributed by atoms with van der Waals surface area (Å²) in [5.41, 5.74) is 1.29. The Morgan fingerprint density at radius 2 is 1.95 bits per heavy atom. The van der Waals surface area contributed by atoms with Crippen LogP contribution in [0.25, 0.3) is 0 Å². The molecule has 2 fully saturated rings. The van der Waals surface area contributed by atoms with Gasteiger partial charge >= 0.3 is 0 Å². The van der Waals surface area contributed by atoms with Crippen LogP contribution in [0, 0.1) is 0 Å². The summed E-state index contributed by atoms with van der Waals surface area (Å²) in [4.78, 5) is 0. The Bertz CT molecular complexity index is 423. The highest BCUT2D eigenvalue weighted by atomic mass is 16.5. The first-order valence-corrected chi connectivity index (χ1v) is 8.37. The molecule has 2 N–H and O–H groups in total. The van der Waals surface area contributed by atoms with Crippen molar-refractivity contribution in [1.82, 2.24) is 5.32 Å². The number of rotatable bonds is 4. The monoisotopic (exact) mass is 289 g/mol. The summed E-state index contributed by atoms with van der Waals surface area (Å²) >= 11 is 0. The minimum absolute atomic E-state index is 0.0370. The van der Waals surface area contributed by atoms with Gasteiger partial charge < -0.3 is 15.2 Å². The third-order valence-electron chi connectivity index (χ3n) is 5.08. The minimum atomic E-state index is 0.0370. The molecule has 1 aromatic carbocycles. The first-order chi connectivity index (χ1) is 10.3. The SMILES string of the molecule is OCC(NC1CCOC2(CCCCC2)C1)c1ccccc1. The van der Waals surface area contributed by atoms with Crippen LogP contribution in [0.15, 0.2) is 30.3 Å². The van der Waals surface area contributed by atoms with Crippen molar-refractivity contribution in [3.8, 4) is 0 Å². The molecule has 3 heteroatoms. The first-order valence-electron chi connectivity index (χ1n) is 8.37. The molecule has 116 valence electrons. The van der Waals surface area contributed by atoms with Gasteiger partial charge in [-0.05, 0) is 31.2 Å². The summed E-state index contributed by atoms with van der Waals surface area (Å²) in [5, 5.41) is 13.4. The molecule has 0 radical (unpaired) electrons. The Kier molecular flexibility index (Phi) is 4.94. The lowest BCUT2D eigenvalue weighted by atomic mass is 9.78. The van der Waals surface area contributed by atoms with Crippen molar-refractivity contribution in [3.63, 3.8) is 0 Å². The van der Waals surface area contributed by atoms with E-state index in [1.807, 2.05) is 18.2 Å². The molecule has 3 nitrogen and oxygen atoms in total. The lowest BCUT2D eigenvalue weighted by Gasteiger charge is -2.44. The molecule has 2 aliphatic rings. The summed E-state index contributed by atoms with van der Waals surface area (Å²) in [6.45, 7) is 0.999. The Hall–Kier alpha value is -0.900. The van der Waals surface area contributed by atoms with E-state index in [0.717, 1.165) is 19.4 Å². The van der Waals surface area contributed by atoms with Crippen LogP contribution in [0.2, 0.25) is 0 Å². The molecule has 0 aromatic heterocycles. The average molecular weight is 289 g/mol. The molecular formula is C18H27NO2. The van der Waals surface area contributed by atoms with E-state index >= 15 is 0 Å². The Labute approximate surface area is 127 Å². The smallest absolute Gasteiger partial charge is 0.0697 e. The fourth-order valence-corrected chi connectivity index (χ4v) is 3.94. The van der Waals surface area contributed by atoms with E-state index in [4.69, 9.17) is 4.74 Å². The fourth-order valence-electron chi connectivity index (χ4n) is 3.94. The fraction of sp³-hybridized carbons (Fsp3) is 0.667. The standard InChI is InChI=1S/C18H27NO2/c20-14-17(15-7-3-1-4-8-15)19-16-9-12-21-18(13-16)10-5-2-6-11-18/h1,3-4,7-8,16-17,19-20H,2,5-6,9-14H2. The molecule has 1 heterocycles. The molecule has 21 heavy (non-hydrogen) atoms. The van der Waals surface area contributed by atoms with Crippen LogP contribution in [-0.4, -0.2) is 30.0 Å². The molecule has 0 bridgehead atoms. The second kappa shape index (κ2) is 6.91. The highest BCUT2D eigenvalue weighted by Crippen LogP contribution is 2.38. The number of nitrogens with one attached hydrogen (secondary N) is 1. The molecule has 1 aliphatic carbocycles. The van der Waals surface area contributed by atoms with Gasteiger partial charge in [0.25, 0.3) is 0 Å². The number of aliphatic hydroxyl groups is 1. The molecule has 1 aliphatic heterocycles. The van der Waals surface area contributed by atoms with Crippen molar-refractivity contribution in [2.75, 3.05) is 13.2 Å². The molecule has 3 rings (SSSR count). The van der Waals surface area contributed by atoms with Crippen LogP contribution in [0.1, 0.15) is 56.6 Å². The second-order valence-corrected chi connectivity index (χ2v) is 6.59. The van der Waals surface area contributed by atoms with Crippen molar-refractivity contribution in [2.45, 2.75) is 62.6 Å². The molecule has 1 spiro atoms.